The van der Waals surface area contributed by atoms with Crippen LogP contribution in [0.3, 0.4) is 0 Å². The fourth-order valence-electron chi connectivity index (χ4n) is 4.45. The summed E-state index contributed by atoms with van der Waals surface area (Å²) in [4.78, 5) is 0. The van der Waals surface area contributed by atoms with E-state index in [-0.39, 0.29) is 0 Å². The second kappa shape index (κ2) is 8.27. The van der Waals surface area contributed by atoms with E-state index >= 15 is 0 Å². The molecular weight excluding hydrogens is 379 g/mol. The highest BCUT2D eigenvalue weighted by atomic mass is 31.2. The molecule has 0 unspecified atom stereocenters. The maximum absolute atomic E-state index is 2.32. The van der Waals surface area contributed by atoms with Gasteiger partial charge in [-0.1, -0.05) is 97.1 Å². The smallest absolute Gasteiger partial charge is 0.0620 e. The molecule has 30 heavy (non-hydrogen) atoms. The van der Waals surface area contributed by atoms with Gasteiger partial charge in [-0.25, -0.2) is 0 Å². The fourth-order valence-corrected chi connectivity index (χ4v) is 8.73. The van der Waals surface area contributed by atoms with E-state index in [1.54, 1.807) is 0 Å². The highest BCUT2D eigenvalue weighted by Gasteiger charge is 2.45. The monoisotopic (exact) mass is 403 g/mol. The van der Waals surface area contributed by atoms with Gasteiger partial charge in [0.15, 0.2) is 0 Å². The molecule has 0 radical (unpaired) electrons. The molecule has 0 saturated heterocycles. The van der Waals surface area contributed by atoms with Crippen LogP contribution < -0.4 is 15.9 Å². The van der Waals surface area contributed by atoms with Crippen LogP contribution in [-0.4, -0.2) is 0 Å². The first-order chi connectivity index (χ1) is 14.9. The second-order valence-corrected chi connectivity index (χ2v) is 11.1. The minimum absolute atomic E-state index is 1.01. The molecule has 0 fully saturated rings. The lowest BCUT2D eigenvalue weighted by Crippen LogP contribution is -2.32. The first kappa shape index (κ1) is 18.8. The Kier molecular flexibility index (Phi) is 5.18. The molecule has 5 aromatic carbocycles. The first-order valence-corrected chi connectivity index (χ1v) is 12.4. The van der Waals surface area contributed by atoms with Crippen molar-refractivity contribution in [3.8, 4) is 0 Å². The molecule has 0 nitrogen and oxygen atoms in total. The molecule has 144 valence electrons. The summed E-state index contributed by atoms with van der Waals surface area (Å²) in [6.45, 7) is 0. The van der Waals surface area contributed by atoms with Crippen LogP contribution in [0.25, 0.3) is 10.8 Å². The third kappa shape index (κ3) is 3.34. The fraction of sp³-hybridized carbons (Fsp3) is 0.0345. The van der Waals surface area contributed by atoms with Gasteiger partial charge in [-0.3, -0.25) is 0 Å². The Hall–Kier alpha value is -3.21. The van der Waals surface area contributed by atoms with Crippen LogP contribution in [0.2, 0.25) is 0 Å². The number of rotatable bonds is 5. The summed E-state index contributed by atoms with van der Waals surface area (Å²) in [6, 6.07) is 48.8. The summed E-state index contributed by atoms with van der Waals surface area (Å²) < 4.78 is 0. The van der Waals surface area contributed by atoms with Crippen LogP contribution in [0.1, 0.15) is 5.56 Å². The average molecular weight is 403 g/mol. The summed E-state index contributed by atoms with van der Waals surface area (Å²) in [6.07, 6.45) is 1.01. The van der Waals surface area contributed by atoms with Crippen LogP contribution in [0, 0.1) is 0 Å². The minimum atomic E-state index is -1.88. The van der Waals surface area contributed by atoms with E-state index in [0.29, 0.717) is 0 Å². The lowest BCUT2D eigenvalue weighted by molar-refractivity contribution is 1.43. The molecule has 0 amide bonds. The van der Waals surface area contributed by atoms with Gasteiger partial charge in [-0.2, -0.15) is 0 Å². The van der Waals surface area contributed by atoms with Crippen LogP contribution >= 0.6 is 7.26 Å². The topological polar surface area (TPSA) is 0 Å². The Morgan fingerprint density at radius 2 is 0.833 bits per heavy atom. The van der Waals surface area contributed by atoms with Gasteiger partial charge in [0.2, 0.25) is 0 Å². The van der Waals surface area contributed by atoms with E-state index in [9.17, 15) is 0 Å². The highest BCUT2D eigenvalue weighted by molar-refractivity contribution is 7.95. The van der Waals surface area contributed by atoms with Gasteiger partial charge in [-0.05, 0) is 52.7 Å². The molecule has 0 atom stereocenters. The van der Waals surface area contributed by atoms with Crippen molar-refractivity contribution >= 4 is 33.9 Å². The van der Waals surface area contributed by atoms with Gasteiger partial charge in [0.05, 0.1) is 6.16 Å². The van der Waals surface area contributed by atoms with Crippen molar-refractivity contribution in [3.63, 3.8) is 0 Å². The molecule has 0 aliphatic carbocycles. The van der Waals surface area contributed by atoms with Gasteiger partial charge in [0, 0.05) is 0 Å². The predicted molar refractivity (Wildman–Crippen MR) is 133 cm³/mol. The molecule has 5 aromatic rings. The van der Waals surface area contributed by atoms with Crippen molar-refractivity contribution < 1.29 is 0 Å². The molecule has 0 spiro atoms. The Labute approximate surface area is 179 Å². The zero-order valence-electron chi connectivity index (χ0n) is 16.9. The minimum Gasteiger partial charge on any atom is -0.0620 e. The molecule has 5 rings (SSSR count). The third-order valence-electron chi connectivity index (χ3n) is 5.88. The number of fused-ring (bicyclic) bond motifs is 1. The first-order valence-electron chi connectivity index (χ1n) is 10.4. The Balaban J connectivity index is 1.82. The number of benzene rings is 5. The standard InChI is InChI=1S/C29H24P/c1-4-16-26(17-5-1)30(27-18-6-2-7-19-27,28-20-8-3-9-21-28)23-25-15-12-14-24-13-10-11-22-29(24)25/h1-22H,23H2/q+1. The average Bonchev–Trinajstić information content (AvgIpc) is 2.84. The van der Waals surface area contributed by atoms with E-state index in [1.165, 1.54) is 32.2 Å². The number of hydrogen-bond acceptors (Lipinski definition) is 0. The molecule has 0 saturated carbocycles. The SMILES string of the molecule is c1ccc([P+](Cc2cccc3ccccc23)(c2ccccc2)c2ccccc2)cc1. The van der Waals surface area contributed by atoms with Crippen molar-refractivity contribution in [1.29, 1.82) is 0 Å². The van der Waals surface area contributed by atoms with Gasteiger partial charge in [0.1, 0.15) is 23.2 Å². The lowest BCUT2D eigenvalue weighted by atomic mass is 10.1. The zero-order chi connectivity index (χ0) is 20.2. The quantitative estimate of drug-likeness (QED) is 0.301. The molecule has 0 heterocycles. The molecule has 0 aliphatic rings. The molecule has 1 heteroatoms. The molecule has 0 aromatic heterocycles. The van der Waals surface area contributed by atoms with Crippen molar-refractivity contribution in [1.82, 2.24) is 0 Å². The zero-order valence-corrected chi connectivity index (χ0v) is 17.8. The van der Waals surface area contributed by atoms with Gasteiger partial charge < -0.3 is 0 Å². The van der Waals surface area contributed by atoms with Crippen LogP contribution in [0.5, 0.6) is 0 Å². The van der Waals surface area contributed by atoms with E-state index in [2.05, 4.69) is 133 Å². The van der Waals surface area contributed by atoms with Gasteiger partial charge in [-0.15, -0.1) is 0 Å². The van der Waals surface area contributed by atoms with Crippen molar-refractivity contribution in [2.45, 2.75) is 6.16 Å². The van der Waals surface area contributed by atoms with E-state index in [4.69, 9.17) is 0 Å². The summed E-state index contributed by atoms with van der Waals surface area (Å²) in [5.41, 5.74) is 1.41. The summed E-state index contributed by atoms with van der Waals surface area (Å²) >= 11 is 0. The summed E-state index contributed by atoms with van der Waals surface area (Å²) in [5, 5.41) is 6.94. The Morgan fingerprint density at radius 3 is 1.37 bits per heavy atom. The normalized spacial score (nSPS) is 11.5. The van der Waals surface area contributed by atoms with Crippen LogP contribution in [0.4, 0.5) is 0 Å². The summed E-state index contributed by atoms with van der Waals surface area (Å²) in [7, 11) is -1.88. The van der Waals surface area contributed by atoms with Crippen LogP contribution in [-0.2, 0) is 6.16 Å². The Morgan fingerprint density at radius 1 is 0.400 bits per heavy atom. The van der Waals surface area contributed by atoms with Crippen LogP contribution in [0.15, 0.2) is 133 Å². The molecule has 0 bridgehead atoms. The second-order valence-electron chi connectivity index (χ2n) is 7.61. The van der Waals surface area contributed by atoms with E-state index in [0.717, 1.165) is 6.16 Å². The van der Waals surface area contributed by atoms with Gasteiger partial charge >= 0.3 is 0 Å². The lowest BCUT2D eigenvalue weighted by Gasteiger charge is -2.28. The highest BCUT2D eigenvalue weighted by Crippen LogP contribution is 2.58. The van der Waals surface area contributed by atoms with Gasteiger partial charge in [0.25, 0.3) is 0 Å². The van der Waals surface area contributed by atoms with E-state index < -0.39 is 7.26 Å². The van der Waals surface area contributed by atoms with Crippen molar-refractivity contribution in [2.75, 3.05) is 0 Å². The molecule has 0 aliphatic heterocycles. The largest absolute Gasteiger partial charge is 0.116 e. The predicted octanol–water partition coefficient (Wildman–Crippen LogP) is 6.33. The molecule has 0 N–H and O–H groups in total. The van der Waals surface area contributed by atoms with Crippen molar-refractivity contribution in [2.24, 2.45) is 0 Å². The Bertz CT molecular complexity index is 1140. The summed E-state index contributed by atoms with van der Waals surface area (Å²) in [5.74, 6) is 0. The van der Waals surface area contributed by atoms with E-state index in [1.807, 2.05) is 0 Å². The molecular formula is C29H24P+. The maximum Gasteiger partial charge on any atom is 0.116 e. The third-order valence-corrected chi connectivity index (χ3v) is 10.2. The number of hydrogen-bond donors (Lipinski definition) is 0. The van der Waals surface area contributed by atoms with Crippen molar-refractivity contribution in [3.05, 3.63) is 139 Å². The maximum atomic E-state index is 2.32.